The molecular formula is C26H28FN7O3. The van der Waals surface area contributed by atoms with Crippen molar-refractivity contribution in [2.24, 2.45) is 0 Å². The first kappa shape index (κ1) is 24.6. The SMILES string of the molecule is CC(C)n1cnnc1-c1cccc(Nc2cccc3oc(C(=O)NCCN4CC[C@@H](F)C4)cc(=O)c23)n1. The minimum absolute atomic E-state index is 0.0763. The van der Waals surface area contributed by atoms with E-state index in [4.69, 9.17) is 4.42 Å². The average Bonchev–Trinajstić information content (AvgIpc) is 3.53. The zero-order valence-corrected chi connectivity index (χ0v) is 20.6. The number of fused-ring (bicyclic) bond motifs is 1. The minimum atomic E-state index is -0.810. The maximum absolute atomic E-state index is 13.3. The zero-order valence-electron chi connectivity index (χ0n) is 20.6. The molecule has 192 valence electrons. The highest BCUT2D eigenvalue weighted by Gasteiger charge is 2.21. The van der Waals surface area contributed by atoms with Crippen LogP contribution in [-0.4, -0.2) is 62.9 Å². The Labute approximate surface area is 212 Å². The molecule has 4 aromatic rings. The van der Waals surface area contributed by atoms with Gasteiger partial charge in [-0.1, -0.05) is 12.1 Å². The molecule has 37 heavy (non-hydrogen) atoms. The fourth-order valence-electron chi connectivity index (χ4n) is 4.40. The lowest BCUT2D eigenvalue weighted by atomic mass is 10.1. The number of hydrogen-bond acceptors (Lipinski definition) is 8. The van der Waals surface area contributed by atoms with Gasteiger partial charge in [0.2, 0.25) is 0 Å². The van der Waals surface area contributed by atoms with Crippen molar-refractivity contribution in [1.82, 2.24) is 30.0 Å². The molecule has 0 unspecified atom stereocenters. The van der Waals surface area contributed by atoms with Crippen LogP contribution < -0.4 is 16.1 Å². The van der Waals surface area contributed by atoms with Gasteiger partial charge in [-0.15, -0.1) is 10.2 Å². The molecule has 1 amide bonds. The number of nitrogens with zero attached hydrogens (tertiary/aromatic N) is 5. The fourth-order valence-corrected chi connectivity index (χ4v) is 4.40. The van der Waals surface area contributed by atoms with Crippen LogP contribution in [0.2, 0.25) is 0 Å². The molecule has 10 nitrogen and oxygen atoms in total. The number of pyridine rings is 1. The molecule has 0 saturated carbocycles. The molecule has 1 aromatic carbocycles. The van der Waals surface area contributed by atoms with Crippen LogP contribution in [0.15, 0.2) is 58.0 Å². The van der Waals surface area contributed by atoms with Crippen LogP contribution >= 0.6 is 0 Å². The number of likely N-dealkylation sites (tertiary alicyclic amines) is 1. The van der Waals surface area contributed by atoms with Crippen molar-refractivity contribution in [2.45, 2.75) is 32.5 Å². The number of carbonyl (C=O) groups is 1. The van der Waals surface area contributed by atoms with Crippen LogP contribution in [0, 0.1) is 0 Å². The van der Waals surface area contributed by atoms with Crippen molar-refractivity contribution in [1.29, 1.82) is 0 Å². The predicted octanol–water partition coefficient (Wildman–Crippen LogP) is 3.54. The summed E-state index contributed by atoms with van der Waals surface area (Å²) in [6.45, 7) is 6.00. The van der Waals surface area contributed by atoms with E-state index in [9.17, 15) is 14.0 Å². The molecule has 1 aliphatic rings. The van der Waals surface area contributed by atoms with Gasteiger partial charge in [0.15, 0.2) is 17.0 Å². The first-order valence-corrected chi connectivity index (χ1v) is 12.2. The Morgan fingerprint density at radius 2 is 2.08 bits per heavy atom. The van der Waals surface area contributed by atoms with E-state index in [1.807, 2.05) is 35.4 Å². The summed E-state index contributed by atoms with van der Waals surface area (Å²) in [6, 6.07) is 11.9. The first-order chi connectivity index (χ1) is 17.9. The Morgan fingerprint density at radius 1 is 1.24 bits per heavy atom. The van der Waals surface area contributed by atoms with Gasteiger partial charge >= 0.3 is 0 Å². The van der Waals surface area contributed by atoms with E-state index in [0.717, 1.165) is 0 Å². The molecule has 4 heterocycles. The van der Waals surface area contributed by atoms with Crippen LogP contribution in [0.3, 0.4) is 0 Å². The van der Waals surface area contributed by atoms with E-state index in [2.05, 4.69) is 25.8 Å². The number of rotatable bonds is 8. The first-order valence-electron chi connectivity index (χ1n) is 12.2. The van der Waals surface area contributed by atoms with Crippen LogP contribution in [0.25, 0.3) is 22.5 Å². The predicted molar refractivity (Wildman–Crippen MR) is 138 cm³/mol. The molecule has 1 fully saturated rings. The molecule has 2 N–H and O–H groups in total. The zero-order chi connectivity index (χ0) is 25.9. The average molecular weight is 506 g/mol. The van der Waals surface area contributed by atoms with Crippen molar-refractivity contribution >= 4 is 28.4 Å². The molecule has 3 aromatic heterocycles. The Hall–Kier alpha value is -4.12. The number of aromatic nitrogens is 4. The van der Waals surface area contributed by atoms with E-state index < -0.39 is 12.1 Å². The molecule has 1 aliphatic heterocycles. The third-order valence-electron chi connectivity index (χ3n) is 6.28. The Bertz CT molecular complexity index is 1480. The van der Waals surface area contributed by atoms with Gasteiger partial charge < -0.3 is 19.6 Å². The van der Waals surface area contributed by atoms with E-state index in [0.29, 0.717) is 61.0 Å². The normalized spacial score (nSPS) is 15.9. The van der Waals surface area contributed by atoms with Crippen molar-refractivity contribution < 1.29 is 13.6 Å². The summed E-state index contributed by atoms with van der Waals surface area (Å²) in [6.07, 6.45) is 1.37. The van der Waals surface area contributed by atoms with Crippen LogP contribution in [-0.2, 0) is 0 Å². The topological polar surface area (TPSA) is 118 Å². The number of hydrogen-bond donors (Lipinski definition) is 2. The largest absolute Gasteiger partial charge is 0.451 e. The van der Waals surface area contributed by atoms with Crippen molar-refractivity contribution in [3.8, 4) is 11.5 Å². The van der Waals surface area contributed by atoms with Crippen LogP contribution in [0.1, 0.15) is 36.9 Å². The van der Waals surface area contributed by atoms with Gasteiger partial charge in [0.1, 0.15) is 29.6 Å². The molecule has 11 heteroatoms. The number of halogens is 1. The van der Waals surface area contributed by atoms with E-state index in [1.165, 1.54) is 6.07 Å². The lowest BCUT2D eigenvalue weighted by Crippen LogP contribution is -2.34. The number of alkyl halides is 1. The Balaban J connectivity index is 1.35. The molecule has 0 aliphatic carbocycles. The van der Waals surface area contributed by atoms with Crippen molar-refractivity contribution in [2.75, 3.05) is 31.5 Å². The molecule has 1 saturated heterocycles. The highest BCUT2D eigenvalue weighted by Crippen LogP contribution is 2.26. The second-order valence-corrected chi connectivity index (χ2v) is 9.28. The molecule has 0 spiro atoms. The minimum Gasteiger partial charge on any atom is -0.451 e. The maximum atomic E-state index is 13.3. The molecule has 1 atom stereocenters. The number of amides is 1. The number of nitrogens with one attached hydrogen (secondary N) is 2. The molecular weight excluding hydrogens is 477 g/mol. The fraction of sp³-hybridized carbons (Fsp3) is 0.346. The standard InChI is InChI=1S/C26H28FN7O3/c1-16(2)34-15-29-32-25(34)19-6-4-8-23(31-19)30-18-5-3-7-21-24(18)20(35)13-22(37-21)26(36)28-10-12-33-11-9-17(27)14-33/h3-8,13,15-17H,9-12,14H2,1-2H3,(H,28,36)(H,30,31)/t17-/m1/s1. The van der Waals surface area contributed by atoms with Crippen LogP contribution in [0.5, 0.6) is 0 Å². The molecule has 5 rings (SSSR count). The Morgan fingerprint density at radius 3 is 2.86 bits per heavy atom. The van der Waals surface area contributed by atoms with E-state index in [-0.39, 0.29) is 22.8 Å². The highest BCUT2D eigenvalue weighted by atomic mass is 19.1. The summed E-state index contributed by atoms with van der Waals surface area (Å²) >= 11 is 0. The van der Waals surface area contributed by atoms with Crippen LogP contribution in [0.4, 0.5) is 15.9 Å². The molecule has 0 radical (unpaired) electrons. The van der Waals surface area contributed by atoms with Gasteiger partial charge in [-0.2, -0.15) is 0 Å². The summed E-state index contributed by atoms with van der Waals surface area (Å²) in [5.41, 5.74) is 1.06. The summed E-state index contributed by atoms with van der Waals surface area (Å²) in [5.74, 6) is 0.590. The van der Waals surface area contributed by atoms with Gasteiger partial charge in [-0.05, 0) is 44.5 Å². The van der Waals surface area contributed by atoms with E-state index in [1.54, 1.807) is 30.6 Å². The van der Waals surface area contributed by atoms with Gasteiger partial charge in [0.25, 0.3) is 5.91 Å². The lowest BCUT2D eigenvalue weighted by molar-refractivity contribution is 0.0922. The lowest BCUT2D eigenvalue weighted by Gasteiger charge is -2.14. The summed E-state index contributed by atoms with van der Waals surface area (Å²) in [7, 11) is 0. The third-order valence-corrected chi connectivity index (χ3v) is 6.28. The number of anilines is 2. The smallest absolute Gasteiger partial charge is 0.287 e. The number of carbonyl (C=O) groups excluding carboxylic acids is 1. The van der Waals surface area contributed by atoms with Gasteiger partial charge in [-0.25, -0.2) is 9.37 Å². The maximum Gasteiger partial charge on any atom is 0.287 e. The van der Waals surface area contributed by atoms with E-state index >= 15 is 0 Å². The number of benzene rings is 1. The second kappa shape index (κ2) is 10.5. The van der Waals surface area contributed by atoms with Gasteiger partial charge in [0, 0.05) is 38.3 Å². The highest BCUT2D eigenvalue weighted by molar-refractivity contribution is 5.96. The van der Waals surface area contributed by atoms with Gasteiger partial charge in [0.05, 0.1) is 11.1 Å². The third kappa shape index (κ3) is 5.36. The van der Waals surface area contributed by atoms with Crippen molar-refractivity contribution in [3.63, 3.8) is 0 Å². The Kier molecular flexibility index (Phi) is 6.95. The molecule has 0 bridgehead atoms. The quantitative estimate of drug-likeness (QED) is 0.373. The summed E-state index contributed by atoms with van der Waals surface area (Å²) in [5, 5.41) is 14.4. The van der Waals surface area contributed by atoms with Gasteiger partial charge in [-0.3, -0.25) is 14.5 Å². The monoisotopic (exact) mass is 505 g/mol. The summed E-state index contributed by atoms with van der Waals surface area (Å²) in [4.78, 5) is 32.2. The van der Waals surface area contributed by atoms with Crippen molar-refractivity contribution in [3.05, 3.63) is 64.8 Å². The summed E-state index contributed by atoms with van der Waals surface area (Å²) < 4.78 is 21.0. The second-order valence-electron chi connectivity index (χ2n) is 9.28.